The third kappa shape index (κ3) is 2.79. The lowest BCUT2D eigenvalue weighted by molar-refractivity contribution is 0.590. The minimum Gasteiger partial charge on any atom is -0.0961 e. The van der Waals surface area contributed by atoms with Crippen LogP contribution in [0.2, 0.25) is 0 Å². The van der Waals surface area contributed by atoms with Crippen molar-refractivity contribution in [3.8, 4) is 11.1 Å². The van der Waals surface area contributed by atoms with Crippen LogP contribution in [-0.2, 0) is 5.41 Å². The molecule has 0 saturated heterocycles. The van der Waals surface area contributed by atoms with Gasteiger partial charge in [0.15, 0.2) is 0 Å². The molecule has 0 unspecified atom stereocenters. The van der Waals surface area contributed by atoms with Gasteiger partial charge in [0.1, 0.15) is 7.85 Å². The maximum atomic E-state index is 5.80. The van der Waals surface area contributed by atoms with Crippen molar-refractivity contribution in [2.45, 2.75) is 26.2 Å². The van der Waals surface area contributed by atoms with Crippen molar-refractivity contribution in [3.05, 3.63) is 54.1 Å². The van der Waals surface area contributed by atoms with Crippen LogP contribution in [0, 0.1) is 0 Å². The molecule has 0 aliphatic rings. The Bertz CT molecular complexity index is 504. The van der Waals surface area contributed by atoms with E-state index in [9.17, 15) is 0 Å². The monoisotopic (exact) mass is 220 g/mol. The minimum atomic E-state index is 0.203. The first-order valence-corrected chi connectivity index (χ1v) is 5.93. The summed E-state index contributed by atoms with van der Waals surface area (Å²) in [4.78, 5) is 0. The van der Waals surface area contributed by atoms with Gasteiger partial charge >= 0.3 is 0 Å². The molecule has 0 amide bonds. The van der Waals surface area contributed by atoms with Crippen molar-refractivity contribution in [2.75, 3.05) is 0 Å². The quantitative estimate of drug-likeness (QED) is 0.645. The predicted molar refractivity (Wildman–Crippen MR) is 76.0 cm³/mol. The minimum absolute atomic E-state index is 0.203. The molecule has 0 bridgehead atoms. The van der Waals surface area contributed by atoms with Crippen molar-refractivity contribution in [1.29, 1.82) is 0 Å². The fourth-order valence-electron chi connectivity index (χ4n) is 1.88. The van der Waals surface area contributed by atoms with Crippen LogP contribution in [0.3, 0.4) is 0 Å². The van der Waals surface area contributed by atoms with Crippen molar-refractivity contribution < 1.29 is 0 Å². The van der Waals surface area contributed by atoms with Gasteiger partial charge in [0.05, 0.1) is 0 Å². The molecule has 0 atom stereocenters. The van der Waals surface area contributed by atoms with Gasteiger partial charge in [0.2, 0.25) is 0 Å². The molecule has 0 aliphatic heterocycles. The Morgan fingerprint density at radius 3 is 2.00 bits per heavy atom. The molecule has 2 aromatic rings. The summed E-state index contributed by atoms with van der Waals surface area (Å²) in [5.41, 5.74) is 4.75. The van der Waals surface area contributed by atoms with Crippen molar-refractivity contribution in [3.63, 3.8) is 0 Å². The molecule has 0 heterocycles. The second kappa shape index (κ2) is 4.41. The van der Waals surface area contributed by atoms with Gasteiger partial charge < -0.3 is 0 Å². The number of hydrogen-bond donors (Lipinski definition) is 0. The number of benzene rings is 2. The first-order valence-electron chi connectivity index (χ1n) is 5.93. The van der Waals surface area contributed by atoms with Crippen LogP contribution in [0.4, 0.5) is 0 Å². The lowest BCUT2D eigenvalue weighted by Gasteiger charge is -2.19. The van der Waals surface area contributed by atoms with E-state index in [1.165, 1.54) is 16.7 Å². The molecule has 0 aromatic heterocycles. The molecule has 84 valence electrons. The predicted octanol–water partition coefficient (Wildman–Crippen LogP) is 3.44. The van der Waals surface area contributed by atoms with Crippen LogP contribution >= 0.6 is 0 Å². The second-order valence-electron chi connectivity index (χ2n) is 5.45. The summed E-state index contributed by atoms with van der Waals surface area (Å²) < 4.78 is 0. The molecule has 2 rings (SSSR count). The van der Waals surface area contributed by atoms with Gasteiger partial charge in [-0.25, -0.2) is 0 Å². The summed E-state index contributed by atoms with van der Waals surface area (Å²) in [6.45, 7) is 6.67. The normalized spacial score (nSPS) is 11.5. The highest BCUT2D eigenvalue weighted by Gasteiger charge is 2.12. The summed E-state index contributed by atoms with van der Waals surface area (Å²) in [5.74, 6) is 0. The summed E-state index contributed by atoms with van der Waals surface area (Å²) in [5, 5.41) is 0. The van der Waals surface area contributed by atoms with Gasteiger partial charge in [-0.05, 0) is 22.1 Å². The Hall–Kier alpha value is -1.50. The zero-order valence-corrected chi connectivity index (χ0v) is 10.7. The Kier molecular flexibility index (Phi) is 3.10. The average molecular weight is 220 g/mol. The van der Waals surface area contributed by atoms with Crippen LogP contribution in [0.1, 0.15) is 26.3 Å². The van der Waals surface area contributed by atoms with Crippen LogP contribution in [-0.4, -0.2) is 7.85 Å². The lowest BCUT2D eigenvalue weighted by atomic mass is 9.86. The first-order chi connectivity index (χ1) is 7.97. The van der Waals surface area contributed by atoms with Gasteiger partial charge in [-0.15, -0.1) is 0 Å². The topological polar surface area (TPSA) is 0 Å². The highest BCUT2D eigenvalue weighted by atomic mass is 14.2. The third-order valence-electron chi connectivity index (χ3n) is 2.97. The highest BCUT2D eigenvalue weighted by molar-refractivity contribution is 6.32. The van der Waals surface area contributed by atoms with E-state index in [4.69, 9.17) is 7.85 Å². The number of hydrogen-bond acceptors (Lipinski definition) is 0. The molecule has 2 aromatic carbocycles. The van der Waals surface area contributed by atoms with E-state index in [2.05, 4.69) is 51.1 Å². The standard InChI is InChI=1S/C16H17B/c1-16(2,3)14-9-7-12(8-10-14)13-5-4-6-15(17)11-13/h4-11H,1-3H3. The van der Waals surface area contributed by atoms with Crippen LogP contribution in [0.5, 0.6) is 0 Å². The smallest absolute Gasteiger partial charge is 0.0961 e. The van der Waals surface area contributed by atoms with E-state index in [0.29, 0.717) is 0 Å². The van der Waals surface area contributed by atoms with E-state index in [0.717, 1.165) is 5.46 Å². The van der Waals surface area contributed by atoms with E-state index in [1.54, 1.807) is 0 Å². The molecule has 0 spiro atoms. The van der Waals surface area contributed by atoms with Crippen molar-refractivity contribution in [2.24, 2.45) is 0 Å². The van der Waals surface area contributed by atoms with Crippen LogP contribution in [0.15, 0.2) is 48.5 Å². The van der Waals surface area contributed by atoms with Gasteiger partial charge in [-0.1, -0.05) is 74.8 Å². The molecule has 0 fully saturated rings. The number of rotatable bonds is 1. The zero-order chi connectivity index (χ0) is 12.5. The summed E-state index contributed by atoms with van der Waals surface area (Å²) >= 11 is 0. The largest absolute Gasteiger partial charge is 0.113 e. The van der Waals surface area contributed by atoms with Gasteiger partial charge in [0, 0.05) is 0 Å². The fourth-order valence-corrected chi connectivity index (χ4v) is 1.88. The van der Waals surface area contributed by atoms with Crippen LogP contribution < -0.4 is 5.46 Å². The molecule has 17 heavy (non-hydrogen) atoms. The van der Waals surface area contributed by atoms with E-state index >= 15 is 0 Å². The van der Waals surface area contributed by atoms with Gasteiger partial charge in [-0.2, -0.15) is 0 Å². The maximum absolute atomic E-state index is 5.80. The van der Waals surface area contributed by atoms with E-state index in [-0.39, 0.29) is 5.41 Å². The molecular weight excluding hydrogens is 203 g/mol. The Morgan fingerprint density at radius 2 is 1.47 bits per heavy atom. The SMILES string of the molecule is [B]c1cccc(-c2ccc(C(C)(C)C)cc2)c1. The summed E-state index contributed by atoms with van der Waals surface area (Å²) in [7, 11) is 5.80. The molecule has 1 heteroatoms. The Morgan fingerprint density at radius 1 is 0.824 bits per heavy atom. The zero-order valence-electron chi connectivity index (χ0n) is 10.7. The van der Waals surface area contributed by atoms with Gasteiger partial charge in [-0.3, -0.25) is 0 Å². The maximum Gasteiger partial charge on any atom is 0.113 e. The molecule has 0 aliphatic carbocycles. The molecule has 0 nitrogen and oxygen atoms in total. The Labute approximate surface area is 105 Å². The van der Waals surface area contributed by atoms with E-state index in [1.807, 2.05) is 18.2 Å². The molecule has 0 saturated carbocycles. The fraction of sp³-hybridized carbons (Fsp3) is 0.250. The lowest BCUT2D eigenvalue weighted by Crippen LogP contribution is -2.10. The molecule has 0 N–H and O–H groups in total. The summed E-state index contributed by atoms with van der Waals surface area (Å²) in [6, 6.07) is 16.7. The molecule has 2 radical (unpaired) electrons. The van der Waals surface area contributed by atoms with Crippen molar-refractivity contribution >= 4 is 13.3 Å². The van der Waals surface area contributed by atoms with E-state index < -0.39 is 0 Å². The van der Waals surface area contributed by atoms with Crippen LogP contribution in [0.25, 0.3) is 11.1 Å². The van der Waals surface area contributed by atoms with Crippen molar-refractivity contribution in [1.82, 2.24) is 0 Å². The average Bonchev–Trinajstić information content (AvgIpc) is 2.28. The highest BCUT2D eigenvalue weighted by Crippen LogP contribution is 2.25. The second-order valence-corrected chi connectivity index (χ2v) is 5.45. The first kappa shape index (κ1) is 12.0. The summed E-state index contributed by atoms with van der Waals surface area (Å²) in [6.07, 6.45) is 0. The Balaban J connectivity index is 2.36. The molecular formula is C16H17B. The van der Waals surface area contributed by atoms with Gasteiger partial charge in [0.25, 0.3) is 0 Å². The third-order valence-corrected chi connectivity index (χ3v) is 2.97.